The summed E-state index contributed by atoms with van der Waals surface area (Å²) in [6.07, 6.45) is 0. The van der Waals surface area contributed by atoms with Gasteiger partial charge in [0, 0.05) is 6.07 Å². The van der Waals surface area contributed by atoms with Gasteiger partial charge in [-0.1, -0.05) is 12.1 Å². The first-order valence-electron chi connectivity index (χ1n) is 5.86. The van der Waals surface area contributed by atoms with Gasteiger partial charge in [0.15, 0.2) is 23.3 Å². The van der Waals surface area contributed by atoms with Crippen LogP contribution in [0.25, 0.3) is 0 Å². The summed E-state index contributed by atoms with van der Waals surface area (Å²) in [5, 5.41) is 2.78. The normalized spacial score (nSPS) is 12.1. The highest BCUT2D eigenvalue weighted by atomic mass is 19.1. The van der Waals surface area contributed by atoms with E-state index in [1.807, 2.05) is 5.43 Å². The number of benzene rings is 1. The zero-order valence-corrected chi connectivity index (χ0v) is 10.6. The maximum Gasteiger partial charge on any atom is 0.178 e. The van der Waals surface area contributed by atoms with Crippen LogP contribution < -0.4 is 16.6 Å². The van der Waals surface area contributed by atoms with E-state index >= 15 is 0 Å². The minimum Gasteiger partial charge on any atom is -0.361 e. The second kappa shape index (κ2) is 5.79. The molecule has 0 saturated heterocycles. The quantitative estimate of drug-likeness (QED) is 0.596. The summed E-state index contributed by atoms with van der Waals surface area (Å²) in [7, 11) is 0. The molecule has 0 radical (unpaired) electrons. The third kappa shape index (κ3) is 3.00. The predicted molar refractivity (Wildman–Crippen MR) is 70.4 cm³/mol. The smallest absolute Gasteiger partial charge is 0.178 e. The number of hydrogen-bond donors (Lipinski definition) is 3. The minimum atomic E-state index is -0.884. The molecule has 1 atom stereocenters. The van der Waals surface area contributed by atoms with Crippen molar-refractivity contribution < 1.29 is 13.2 Å². The molecule has 2 rings (SSSR count). The second-order valence-corrected chi connectivity index (χ2v) is 4.21. The molecule has 4 N–H and O–H groups in total. The molecule has 0 bridgehead atoms. The van der Waals surface area contributed by atoms with E-state index in [0.717, 1.165) is 5.56 Å². The maximum atomic E-state index is 13.6. The van der Waals surface area contributed by atoms with Gasteiger partial charge in [0.25, 0.3) is 0 Å². The van der Waals surface area contributed by atoms with Gasteiger partial charge in [-0.3, -0.25) is 0 Å². The van der Waals surface area contributed by atoms with Gasteiger partial charge in [-0.05, 0) is 24.6 Å². The lowest BCUT2D eigenvalue weighted by atomic mass is 10.1. The monoisotopic (exact) mass is 282 g/mol. The first-order chi connectivity index (χ1) is 9.51. The van der Waals surface area contributed by atoms with Crippen LogP contribution in [0.1, 0.15) is 18.5 Å². The Bertz CT molecular complexity index is 601. The first-order valence-corrected chi connectivity index (χ1v) is 5.86. The van der Waals surface area contributed by atoms with Crippen molar-refractivity contribution in [3.63, 3.8) is 0 Å². The molecule has 106 valence electrons. The summed E-state index contributed by atoms with van der Waals surface area (Å²) in [5.41, 5.74) is 2.78. The van der Waals surface area contributed by atoms with Crippen molar-refractivity contribution in [2.45, 2.75) is 13.0 Å². The molecule has 0 spiro atoms. The van der Waals surface area contributed by atoms with Crippen molar-refractivity contribution in [2.24, 2.45) is 5.84 Å². The highest BCUT2D eigenvalue weighted by Crippen LogP contribution is 2.23. The fourth-order valence-corrected chi connectivity index (χ4v) is 1.71. The molecule has 0 aliphatic carbocycles. The van der Waals surface area contributed by atoms with Crippen molar-refractivity contribution in [1.29, 1.82) is 0 Å². The molecule has 1 unspecified atom stereocenters. The highest BCUT2D eigenvalue weighted by molar-refractivity contribution is 5.48. The van der Waals surface area contributed by atoms with Crippen molar-refractivity contribution in [3.05, 3.63) is 53.3 Å². The molecule has 0 amide bonds. The molecule has 4 nitrogen and oxygen atoms in total. The molecule has 2 aromatic rings. The molecule has 1 aromatic heterocycles. The van der Waals surface area contributed by atoms with Crippen LogP contribution in [-0.4, -0.2) is 4.98 Å². The summed E-state index contributed by atoms with van der Waals surface area (Å²) in [5.74, 6) is 2.60. The number of nitrogens with zero attached hydrogens (tertiary/aromatic N) is 1. The number of anilines is 2. The Morgan fingerprint density at radius 3 is 2.25 bits per heavy atom. The van der Waals surface area contributed by atoms with Gasteiger partial charge in [0.1, 0.15) is 5.82 Å². The van der Waals surface area contributed by atoms with E-state index in [-0.39, 0.29) is 23.5 Å². The van der Waals surface area contributed by atoms with Crippen LogP contribution in [0.2, 0.25) is 0 Å². The van der Waals surface area contributed by atoms with E-state index < -0.39 is 11.6 Å². The zero-order chi connectivity index (χ0) is 14.7. The number of halogens is 3. The number of hydrogen-bond acceptors (Lipinski definition) is 4. The minimum absolute atomic E-state index is 0.142. The van der Waals surface area contributed by atoms with E-state index in [2.05, 4.69) is 10.3 Å². The summed E-state index contributed by atoms with van der Waals surface area (Å²) >= 11 is 0. The number of nitrogen functional groups attached to an aromatic ring is 1. The van der Waals surface area contributed by atoms with E-state index in [1.54, 1.807) is 19.1 Å². The van der Waals surface area contributed by atoms with Gasteiger partial charge < -0.3 is 10.7 Å². The number of nitrogens with one attached hydrogen (secondary N) is 2. The highest BCUT2D eigenvalue weighted by Gasteiger charge is 2.14. The average Bonchev–Trinajstić information content (AvgIpc) is 2.42. The van der Waals surface area contributed by atoms with Crippen LogP contribution in [0.15, 0.2) is 30.3 Å². The van der Waals surface area contributed by atoms with Crippen LogP contribution in [-0.2, 0) is 0 Å². The Morgan fingerprint density at radius 1 is 1.05 bits per heavy atom. The Morgan fingerprint density at radius 2 is 1.65 bits per heavy atom. The molecule has 20 heavy (non-hydrogen) atoms. The number of rotatable bonds is 4. The van der Waals surface area contributed by atoms with Gasteiger partial charge in [-0.2, -0.15) is 0 Å². The molecule has 0 aliphatic rings. The first kappa shape index (κ1) is 14.1. The van der Waals surface area contributed by atoms with E-state index in [4.69, 9.17) is 5.84 Å². The van der Waals surface area contributed by atoms with Gasteiger partial charge >= 0.3 is 0 Å². The fraction of sp³-hybridized carbons (Fsp3) is 0.154. The Balaban J connectivity index is 2.23. The van der Waals surface area contributed by atoms with Crippen molar-refractivity contribution in [2.75, 3.05) is 10.7 Å². The number of nitrogens with two attached hydrogens (primary N) is 1. The van der Waals surface area contributed by atoms with Crippen LogP contribution in [0.3, 0.4) is 0 Å². The largest absolute Gasteiger partial charge is 0.361 e. The molecule has 0 saturated carbocycles. The molecule has 1 aromatic carbocycles. The zero-order valence-electron chi connectivity index (χ0n) is 10.6. The Labute approximate surface area is 113 Å². The lowest BCUT2D eigenvalue weighted by molar-refractivity contribution is 0.576. The van der Waals surface area contributed by atoms with Crippen LogP contribution in [0.4, 0.5) is 24.8 Å². The van der Waals surface area contributed by atoms with E-state index in [0.29, 0.717) is 6.07 Å². The SMILES string of the molecule is CC(Nc1nc(NN)c(F)cc1F)c1ccc(F)cc1. The van der Waals surface area contributed by atoms with Gasteiger partial charge in [0.2, 0.25) is 0 Å². The standard InChI is InChI=1S/C13H13F3N4/c1-7(8-2-4-9(14)5-3-8)18-12-10(15)6-11(16)13(19-12)20-17/h2-7H,17H2,1H3,(H2,18,19,20). The molecule has 7 heteroatoms. The van der Waals surface area contributed by atoms with Crippen molar-refractivity contribution in [3.8, 4) is 0 Å². The van der Waals surface area contributed by atoms with Crippen molar-refractivity contribution >= 4 is 11.6 Å². The van der Waals surface area contributed by atoms with Crippen LogP contribution >= 0.6 is 0 Å². The molecule has 1 heterocycles. The lowest BCUT2D eigenvalue weighted by Gasteiger charge is -2.16. The average molecular weight is 282 g/mol. The Kier molecular flexibility index (Phi) is 4.09. The van der Waals surface area contributed by atoms with Gasteiger partial charge in [-0.15, -0.1) is 0 Å². The molecular formula is C13H13F3N4. The summed E-state index contributed by atoms with van der Waals surface area (Å²) in [6.45, 7) is 1.74. The van der Waals surface area contributed by atoms with Crippen LogP contribution in [0.5, 0.6) is 0 Å². The topological polar surface area (TPSA) is 63.0 Å². The third-order valence-electron chi connectivity index (χ3n) is 2.79. The molecule has 0 aliphatic heterocycles. The van der Waals surface area contributed by atoms with E-state index in [1.165, 1.54) is 12.1 Å². The predicted octanol–water partition coefficient (Wildman–Crippen LogP) is 2.96. The molecule has 0 fully saturated rings. The number of aromatic nitrogens is 1. The Hall–Kier alpha value is -2.28. The summed E-state index contributed by atoms with van der Waals surface area (Å²) < 4.78 is 39.7. The number of hydrazine groups is 1. The fourth-order valence-electron chi connectivity index (χ4n) is 1.71. The number of pyridine rings is 1. The van der Waals surface area contributed by atoms with Gasteiger partial charge in [0.05, 0.1) is 6.04 Å². The van der Waals surface area contributed by atoms with E-state index in [9.17, 15) is 13.2 Å². The van der Waals surface area contributed by atoms with Crippen molar-refractivity contribution in [1.82, 2.24) is 4.98 Å². The van der Waals surface area contributed by atoms with Crippen LogP contribution in [0, 0.1) is 17.5 Å². The van der Waals surface area contributed by atoms with Gasteiger partial charge in [-0.25, -0.2) is 24.0 Å². The maximum absolute atomic E-state index is 13.6. The summed E-state index contributed by atoms with van der Waals surface area (Å²) in [4.78, 5) is 3.70. The lowest BCUT2D eigenvalue weighted by Crippen LogP contribution is -2.15. The molecular weight excluding hydrogens is 269 g/mol. The third-order valence-corrected chi connectivity index (χ3v) is 2.79. The summed E-state index contributed by atoms with van der Waals surface area (Å²) in [6, 6.07) is 6.08. The second-order valence-electron chi connectivity index (χ2n) is 4.21.